The second-order valence-corrected chi connectivity index (χ2v) is 6.19. The van der Waals surface area contributed by atoms with Gasteiger partial charge in [-0.2, -0.15) is 0 Å². The molecule has 1 fully saturated rings. The Morgan fingerprint density at radius 3 is 2.65 bits per heavy atom. The van der Waals surface area contributed by atoms with Crippen molar-refractivity contribution in [1.82, 2.24) is 15.1 Å². The van der Waals surface area contributed by atoms with Crippen LogP contribution >= 0.6 is 0 Å². The fourth-order valence-electron chi connectivity index (χ4n) is 2.87. The molecule has 1 unspecified atom stereocenters. The summed E-state index contributed by atoms with van der Waals surface area (Å²) >= 11 is 0. The molecule has 116 valence electrons. The summed E-state index contributed by atoms with van der Waals surface area (Å²) in [4.78, 5) is 27.1. The molecule has 1 aliphatic rings. The summed E-state index contributed by atoms with van der Waals surface area (Å²) in [6.07, 6.45) is 2.54. The third kappa shape index (κ3) is 3.85. The largest absolute Gasteiger partial charge is 0.480 e. The van der Waals surface area contributed by atoms with E-state index < -0.39 is 12.0 Å². The third-order valence-electron chi connectivity index (χ3n) is 4.00. The van der Waals surface area contributed by atoms with Gasteiger partial charge in [-0.25, -0.2) is 9.59 Å². The maximum atomic E-state index is 12.5. The number of carbonyl (C=O) groups excluding carboxylic acids is 1. The molecular formula is C14H27N3O3. The van der Waals surface area contributed by atoms with Crippen molar-refractivity contribution in [2.75, 3.05) is 33.7 Å². The smallest absolute Gasteiger partial charge is 0.327 e. The van der Waals surface area contributed by atoms with E-state index in [-0.39, 0.29) is 11.4 Å². The minimum atomic E-state index is -0.910. The zero-order valence-electron chi connectivity index (χ0n) is 13.0. The highest BCUT2D eigenvalue weighted by atomic mass is 16.4. The van der Waals surface area contributed by atoms with Crippen molar-refractivity contribution < 1.29 is 14.7 Å². The van der Waals surface area contributed by atoms with Crippen LogP contribution in [0, 0.1) is 5.41 Å². The summed E-state index contributed by atoms with van der Waals surface area (Å²) < 4.78 is 0. The van der Waals surface area contributed by atoms with Gasteiger partial charge in [-0.05, 0) is 38.3 Å². The molecule has 0 aromatic carbocycles. The van der Waals surface area contributed by atoms with Crippen LogP contribution in [-0.2, 0) is 4.79 Å². The molecule has 0 aromatic heterocycles. The maximum Gasteiger partial charge on any atom is 0.327 e. The molecule has 2 amide bonds. The van der Waals surface area contributed by atoms with Crippen LogP contribution in [-0.4, -0.2) is 66.7 Å². The first kappa shape index (κ1) is 16.8. The van der Waals surface area contributed by atoms with E-state index in [0.717, 1.165) is 25.8 Å². The van der Waals surface area contributed by atoms with Crippen molar-refractivity contribution in [2.24, 2.45) is 5.41 Å². The van der Waals surface area contributed by atoms with Crippen LogP contribution < -0.4 is 5.32 Å². The molecule has 6 heteroatoms. The van der Waals surface area contributed by atoms with Gasteiger partial charge in [-0.1, -0.05) is 13.8 Å². The molecule has 6 nitrogen and oxygen atoms in total. The van der Waals surface area contributed by atoms with E-state index in [1.165, 1.54) is 4.90 Å². The van der Waals surface area contributed by atoms with E-state index in [1.54, 1.807) is 11.9 Å². The molecule has 20 heavy (non-hydrogen) atoms. The van der Waals surface area contributed by atoms with Crippen molar-refractivity contribution in [2.45, 2.75) is 39.2 Å². The SMILES string of the molecule is CNCCCN(C)C(=O)N1CCCC(C)(C)C1C(=O)O. The number of urea groups is 1. The van der Waals surface area contributed by atoms with Gasteiger partial charge in [0.25, 0.3) is 0 Å². The van der Waals surface area contributed by atoms with Gasteiger partial charge in [-0.3, -0.25) is 0 Å². The number of piperidine rings is 1. The van der Waals surface area contributed by atoms with Crippen molar-refractivity contribution in [3.05, 3.63) is 0 Å². The van der Waals surface area contributed by atoms with Gasteiger partial charge >= 0.3 is 12.0 Å². The van der Waals surface area contributed by atoms with Gasteiger partial charge in [-0.15, -0.1) is 0 Å². The van der Waals surface area contributed by atoms with E-state index in [2.05, 4.69) is 5.32 Å². The Kier molecular flexibility index (Phi) is 5.80. The molecule has 0 radical (unpaired) electrons. The Balaban J connectivity index is 2.75. The number of amides is 2. The highest BCUT2D eigenvalue weighted by Gasteiger charge is 2.45. The number of likely N-dealkylation sites (tertiary alicyclic amines) is 1. The van der Waals surface area contributed by atoms with Crippen molar-refractivity contribution in [3.63, 3.8) is 0 Å². The quantitative estimate of drug-likeness (QED) is 0.745. The van der Waals surface area contributed by atoms with Gasteiger partial charge in [0.1, 0.15) is 6.04 Å². The Morgan fingerprint density at radius 2 is 2.10 bits per heavy atom. The topological polar surface area (TPSA) is 72.9 Å². The van der Waals surface area contributed by atoms with Crippen LogP contribution in [0.5, 0.6) is 0 Å². The highest BCUT2D eigenvalue weighted by molar-refractivity contribution is 5.83. The fourth-order valence-corrected chi connectivity index (χ4v) is 2.87. The fraction of sp³-hybridized carbons (Fsp3) is 0.857. The number of hydrogen-bond acceptors (Lipinski definition) is 3. The number of aliphatic carboxylic acids is 1. The molecule has 0 spiro atoms. The van der Waals surface area contributed by atoms with Gasteiger partial charge in [0.05, 0.1) is 0 Å². The molecular weight excluding hydrogens is 258 g/mol. The molecule has 0 bridgehead atoms. The zero-order valence-corrected chi connectivity index (χ0v) is 13.0. The molecule has 1 saturated heterocycles. The van der Waals surface area contributed by atoms with Gasteiger partial charge in [0.15, 0.2) is 0 Å². The van der Waals surface area contributed by atoms with E-state index in [0.29, 0.717) is 13.1 Å². The highest BCUT2D eigenvalue weighted by Crippen LogP contribution is 2.35. The Labute approximate surface area is 121 Å². The van der Waals surface area contributed by atoms with Gasteiger partial charge in [0, 0.05) is 20.1 Å². The summed E-state index contributed by atoms with van der Waals surface area (Å²) in [6.45, 7) is 5.84. The number of rotatable bonds is 5. The number of carboxylic acids is 1. The lowest BCUT2D eigenvalue weighted by Gasteiger charge is -2.45. The molecule has 0 saturated carbocycles. The van der Waals surface area contributed by atoms with Gasteiger partial charge in [0.2, 0.25) is 0 Å². The van der Waals surface area contributed by atoms with Crippen LogP contribution in [0.25, 0.3) is 0 Å². The first-order chi connectivity index (χ1) is 9.31. The summed E-state index contributed by atoms with van der Waals surface area (Å²) in [5.74, 6) is -0.910. The molecule has 0 aromatic rings. The lowest BCUT2D eigenvalue weighted by molar-refractivity contribution is -0.148. The lowest BCUT2D eigenvalue weighted by Crippen LogP contribution is -2.59. The first-order valence-electron chi connectivity index (χ1n) is 7.20. The predicted octanol–water partition coefficient (Wildman–Crippen LogP) is 1.22. The molecule has 1 atom stereocenters. The van der Waals surface area contributed by atoms with Crippen LogP contribution in [0.3, 0.4) is 0 Å². The normalized spacial score (nSPS) is 21.6. The number of nitrogens with zero attached hydrogens (tertiary/aromatic N) is 2. The van der Waals surface area contributed by atoms with E-state index >= 15 is 0 Å². The second-order valence-electron chi connectivity index (χ2n) is 6.19. The van der Waals surface area contributed by atoms with E-state index in [4.69, 9.17) is 0 Å². The van der Waals surface area contributed by atoms with Crippen molar-refractivity contribution in [1.29, 1.82) is 0 Å². The molecule has 1 heterocycles. The van der Waals surface area contributed by atoms with Crippen LogP contribution in [0.4, 0.5) is 4.79 Å². The van der Waals surface area contributed by atoms with Crippen molar-refractivity contribution >= 4 is 12.0 Å². The summed E-state index contributed by atoms with van der Waals surface area (Å²) in [7, 11) is 3.61. The number of carboxylic acid groups (broad SMARTS) is 1. The number of hydrogen-bond donors (Lipinski definition) is 2. The molecule has 1 rings (SSSR count). The summed E-state index contributed by atoms with van der Waals surface area (Å²) in [5.41, 5.74) is -0.383. The maximum absolute atomic E-state index is 12.5. The average molecular weight is 285 g/mol. The van der Waals surface area contributed by atoms with Crippen LogP contribution in [0.1, 0.15) is 33.1 Å². The molecule has 0 aliphatic carbocycles. The lowest BCUT2D eigenvalue weighted by atomic mass is 9.76. The predicted molar refractivity (Wildman–Crippen MR) is 77.7 cm³/mol. The second kappa shape index (κ2) is 6.92. The summed E-state index contributed by atoms with van der Waals surface area (Å²) in [5, 5.41) is 12.5. The van der Waals surface area contributed by atoms with Gasteiger partial charge < -0.3 is 20.2 Å². The Hall–Kier alpha value is -1.30. The monoisotopic (exact) mass is 285 g/mol. The minimum Gasteiger partial charge on any atom is -0.480 e. The third-order valence-corrected chi connectivity index (χ3v) is 4.00. The van der Waals surface area contributed by atoms with E-state index in [1.807, 2.05) is 20.9 Å². The average Bonchev–Trinajstić information content (AvgIpc) is 2.36. The minimum absolute atomic E-state index is 0.179. The number of carbonyl (C=O) groups is 2. The van der Waals surface area contributed by atoms with Crippen LogP contribution in [0.15, 0.2) is 0 Å². The summed E-state index contributed by atoms with van der Waals surface area (Å²) in [6, 6.07) is -0.920. The van der Waals surface area contributed by atoms with E-state index in [9.17, 15) is 14.7 Å². The number of nitrogens with one attached hydrogen (secondary N) is 1. The Morgan fingerprint density at radius 1 is 1.45 bits per heavy atom. The zero-order chi connectivity index (χ0) is 15.3. The molecule has 2 N–H and O–H groups in total. The standard InChI is InChI=1S/C14H27N3O3/c1-14(2)7-5-10-17(11(14)12(18)19)13(20)16(4)9-6-8-15-3/h11,15H,5-10H2,1-4H3,(H,18,19). The molecule has 1 aliphatic heterocycles. The van der Waals surface area contributed by atoms with Crippen molar-refractivity contribution in [3.8, 4) is 0 Å². The first-order valence-corrected chi connectivity index (χ1v) is 7.20. The van der Waals surface area contributed by atoms with Crippen LogP contribution in [0.2, 0.25) is 0 Å². The Bertz CT molecular complexity index is 358.